The summed E-state index contributed by atoms with van der Waals surface area (Å²) in [7, 11) is 1.59. The van der Waals surface area contributed by atoms with E-state index >= 15 is 0 Å². The number of rotatable bonds is 5. The third-order valence-electron chi connectivity index (χ3n) is 3.09. The number of methoxy groups -OCH3 is 1. The normalized spacial score (nSPS) is 16.6. The van der Waals surface area contributed by atoms with E-state index in [2.05, 4.69) is 15.9 Å². The Morgan fingerprint density at radius 1 is 1.43 bits per heavy atom. The molecule has 23 heavy (non-hydrogen) atoms. The summed E-state index contributed by atoms with van der Waals surface area (Å²) in [6.07, 6.45) is 1.85. The van der Waals surface area contributed by atoms with Crippen LogP contribution in [0.5, 0.6) is 11.5 Å². The topological polar surface area (TPSA) is 38.8 Å². The molecule has 0 bridgehead atoms. The monoisotopic (exact) mass is 415 g/mol. The molecule has 1 aromatic carbocycles. The van der Waals surface area contributed by atoms with Gasteiger partial charge in [0.1, 0.15) is 4.32 Å². The lowest BCUT2D eigenvalue weighted by molar-refractivity contribution is -0.121. The molecule has 1 aliphatic rings. The van der Waals surface area contributed by atoms with Gasteiger partial charge in [-0.2, -0.15) is 0 Å². The van der Waals surface area contributed by atoms with Gasteiger partial charge in [0.15, 0.2) is 11.5 Å². The van der Waals surface area contributed by atoms with Gasteiger partial charge in [0, 0.05) is 6.54 Å². The Morgan fingerprint density at radius 3 is 2.65 bits per heavy atom. The summed E-state index contributed by atoms with van der Waals surface area (Å²) in [6.45, 7) is 6.40. The lowest BCUT2D eigenvalue weighted by Crippen LogP contribution is -2.27. The third kappa shape index (κ3) is 4.08. The Morgan fingerprint density at radius 2 is 2.13 bits per heavy atom. The van der Waals surface area contributed by atoms with Crippen LogP contribution in [0.25, 0.3) is 6.08 Å². The number of thiocarbonyl (C=S) groups is 1. The first kappa shape index (κ1) is 18.3. The number of carbonyl (C=O) groups is 1. The van der Waals surface area contributed by atoms with Crippen molar-refractivity contribution in [1.82, 2.24) is 4.90 Å². The zero-order chi connectivity index (χ0) is 17.1. The fourth-order valence-corrected chi connectivity index (χ4v) is 4.03. The summed E-state index contributed by atoms with van der Waals surface area (Å²) < 4.78 is 12.6. The predicted molar refractivity (Wildman–Crippen MR) is 102 cm³/mol. The molecule has 0 N–H and O–H groups in total. The van der Waals surface area contributed by atoms with Crippen molar-refractivity contribution in [3.63, 3.8) is 0 Å². The summed E-state index contributed by atoms with van der Waals surface area (Å²) in [5.41, 5.74) is 0.849. The number of hydrogen-bond donors (Lipinski definition) is 0. The molecule has 0 spiro atoms. The second kappa shape index (κ2) is 7.68. The second-order valence-corrected chi connectivity index (χ2v) is 7.66. The van der Waals surface area contributed by atoms with Gasteiger partial charge in [-0.15, -0.1) is 0 Å². The molecule has 0 unspecified atom stereocenters. The maximum atomic E-state index is 12.3. The molecule has 0 aromatic heterocycles. The average Bonchev–Trinajstić information content (AvgIpc) is 2.75. The standard InChI is InChI=1S/C16H18BrNO3S2/c1-5-18-15(19)13(23-16(18)22)8-10-6-11(17)14(21-9(2)3)12(7-10)20-4/h6-9H,5H2,1-4H3/b13-8-. The first-order chi connectivity index (χ1) is 10.9. The van der Waals surface area contributed by atoms with Crippen molar-refractivity contribution in [3.8, 4) is 11.5 Å². The number of ether oxygens (including phenoxy) is 2. The van der Waals surface area contributed by atoms with Crippen LogP contribution in [0.4, 0.5) is 0 Å². The van der Waals surface area contributed by atoms with Gasteiger partial charge >= 0.3 is 0 Å². The smallest absolute Gasteiger partial charge is 0.266 e. The number of hydrogen-bond acceptors (Lipinski definition) is 5. The number of thioether (sulfide) groups is 1. The number of likely N-dealkylation sites (N-methyl/N-ethyl adjacent to an activating group) is 1. The van der Waals surface area contributed by atoms with Crippen LogP contribution in [0.3, 0.4) is 0 Å². The Hall–Kier alpha value is -1.05. The fraction of sp³-hybridized carbons (Fsp3) is 0.375. The Balaban J connectivity index is 2.38. The van der Waals surface area contributed by atoms with Gasteiger partial charge in [-0.25, -0.2) is 0 Å². The quantitative estimate of drug-likeness (QED) is 0.523. The van der Waals surface area contributed by atoms with Crippen LogP contribution in [0, 0.1) is 0 Å². The summed E-state index contributed by atoms with van der Waals surface area (Å²) in [5, 5.41) is 0. The predicted octanol–water partition coefficient (Wildman–Crippen LogP) is 4.47. The molecule has 124 valence electrons. The van der Waals surface area contributed by atoms with Crippen LogP contribution in [0.1, 0.15) is 26.3 Å². The summed E-state index contributed by atoms with van der Waals surface area (Å²) in [4.78, 5) is 14.5. The molecule has 0 aliphatic carbocycles. The highest BCUT2D eigenvalue weighted by Gasteiger charge is 2.30. The molecule has 1 aliphatic heterocycles. The molecule has 0 atom stereocenters. The van der Waals surface area contributed by atoms with Gasteiger partial charge in [0.2, 0.25) is 0 Å². The van der Waals surface area contributed by atoms with Crippen molar-refractivity contribution in [2.75, 3.05) is 13.7 Å². The van der Waals surface area contributed by atoms with E-state index in [4.69, 9.17) is 21.7 Å². The van der Waals surface area contributed by atoms with Gasteiger partial charge in [-0.3, -0.25) is 9.69 Å². The molecule has 1 amide bonds. The lowest BCUT2D eigenvalue weighted by Gasteiger charge is -2.16. The van der Waals surface area contributed by atoms with Crippen LogP contribution in [0.2, 0.25) is 0 Å². The molecule has 1 aromatic rings. The molecule has 7 heteroatoms. The SMILES string of the molecule is CCN1C(=O)/C(=C/c2cc(Br)c(OC(C)C)c(OC)c2)SC1=S. The molecular weight excluding hydrogens is 398 g/mol. The van der Waals surface area contributed by atoms with Crippen molar-refractivity contribution in [1.29, 1.82) is 0 Å². The van der Waals surface area contributed by atoms with E-state index in [1.54, 1.807) is 12.0 Å². The highest BCUT2D eigenvalue weighted by atomic mass is 79.9. The zero-order valence-corrected chi connectivity index (χ0v) is 16.6. The van der Waals surface area contributed by atoms with Gasteiger partial charge in [0.05, 0.1) is 22.6 Å². The van der Waals surface area contributed by atoms with E-state index in [0.717, 1.165) is 10.0 Å². The van der Waals surface area contributed by atoms with Crippen LogP contribution < -0.4 is 9.47 Å². The Kier molecular flexibility index (Phi) is 6.11. The molecule has 0 saturated carbocycles. The highest BCUT2D eigenvalue weighted by Crippen LogP contribution is 2.39. The number of benzene rings is 1. The van der Waals surface area contributed by atoms with Crippen molar-refractivity contribution in [3.05, 3.63) is 27.1 Å². The van der Waals surface area contributed by atoms with E-state index in [-0.39, 0.29) is 12.0 Å². The summed E-state index contributed by atoms with van der Waals surface area (Å²) >= 11 is 10.0. The van der Waals surface area contributed by atoms with Gasteiger partial charge in [-0.05, 0) is 60.5 Å². The van der Waals surface area contributed by atoms with Gasteiger partial charge in [-0.1, -0.05) is 24.0 Å². The summed E-state index contributed by atoms with van der Waals surface area (Å²) in [5.74, 6) is 1.21. The minimum atomic E-state index is -0.0555. The summed E-state index contributed by atoms with van der Waals surface area (Å²) in [6, 6.07) is 3.75. The second-order valence-electron chi connectivity index (χ2n) is 5.13. The van der Waals surface area contributed by atoms with Gasteiger partial charge < -0.3 is 9.47 Å². The molecule has 0 radical (unpaired) electrons. The van der Waals surface area contributed by atoms with E-state index < -0.39 is 0 Å². The fourth-order valence-electron chi connectivity index (χ4n) is 2.10. The maximum absolute atomic E-state index is 12.3. The minimum absolute atomic E-state index is 0.0341. The van der Waals surface area contributed by atoms with Crippen LogP contribution in [-0.2, 0) is 4.79 Å². The number of halogens is 1. The molecule has 2 rings (SSSR count). The number of carbonyl (C=O) groups excluding carboxylic acids is 1. The average molecular weight is 416 g/mol. The van der Waals surface area contributed by atoms with E-state index in [1.807, 2.05) is 39.0 Å². The van der Waals surface area contributed by atoms with Crippen LogP contribution in [-0.4, -0.2) is 34.9 Å². The lowest BCUT2D eigenvalue weighted by atomic mass is 10.2. The molecular formula is C16H18BrNO3S2. The molecule has 4 nitrogen and oxygen atoms in total. The van der Waals surface area contributed by atoms with Crippen molar-refractivity contribution < 1.29 is 14.3 Å². The third-order valence-corrected chi connectivity index (χ3v) is 5.06. The van der Waals surface area contributed by atoms with Crippen LogP contribution >= 0.6 is 39.9 Å². The largest absolute Gasteiger partial charge is 0.493 e. The molecule has 1 fully saturated rings. The Bertz CT molecular complexity index is 674. The number of amides is 1. The molecule has 1 heterocycles. The maximum Gasteiger partial charge on any atom is 0.266 e. The zero-order valence-electron chi connectivity index (χ0n) is 13.4. The molecule has 1 saturated heterocycles. The van der Waals surface area contributed by atoms with E-state index in [9.17, 15) is 4.79 Å². The van der Waals surface area contributed by atoms with E-state index in [0.29, 0.717) is 27.3 Å². The minimum Gasteiger partial charge on any atom is -0.493 e. The van der Waals surface area contributed by atoms with Gasteiger partial charge in [0.25, 0.3) is 5.91 Å². The van der Waals surface area contributed by atoms with Crippen molar-refractivity contribution >= 4 is 56.2 Å². The van der Waals surface area contributed by atoms with Crippen molar-refractivity contribution in [2.24, 2.45) is 0 Å². The first-order valence-corrected chi connectivity index (χ1v) is 9.18. The first-order valence-electron chi connectivity index (χ1n) is 7.16. The highest BCUT2D eigenvalue weighted by molar-refractivity contribution is 9.10. The van der Waals surface area contributed by atoms with Crippen molar-refractivity contribution in [2.45, 2.75) is 26.9 Å². The Labute approximate surface area is 154 Å². The number of nitrogens with zero attached hydrogens (tertiary/aromatic N) is 1. The van der Waals surface area contributed by atoms with Crippen LogP contribution in [0.15, 0.2) is 21.5 Å². The van der Waals surface area contributed by atoms with E-state index in [1.165, 1.54) is 11.8 Å².